The molecule has 0 aromatic heterocycles. The van der Waals surface area contributed by atoms with Gasteiger partial charge in [-0.1, -0.05) is 6.92 Å². The Bertz CT molecular complexity index is 132. The summed E-state index contributed by atoms with van der Waals surface area (Å²) in [7, 11) is 0. The number of hydrogen-bond acceptors (Lipinski definition) is 3. The summed E-state index contributed by atoms with van der Waals surface area (Å²) in [5, 5.41) is 8.03. The van der Waals surface area contributed by atoms with E-state index in [-0.39, 0.29) is 6.42 Å². The van der Waals surface area contributed by atoms with Gasteiger partial charge in [-0.2, -0.15) is 0 Å². The molecule has 0 saturated carbocycles. The Kier molecular flexibility index (Phi) is 2.87. The molecule has 1 unspecified atom stereocenters. The van der Waals surface area contributed by atoms with E-state index in [0.29, 0.717) is 0 Å². The fourth-order valence-corrected chi connectivity index (χ4v) is 0.290. The van der Waals surface area contributed by atoms with Gasteiger partial charge in [0.2, 0.25) is 0 Å². The smallest absolute Gasteiger partial charge is 0.373 e. The number of aliphatic carboxylic acids is 1. The molecule has 1 radical (unpaired) electrons. The van der Waals surface area contributed by atoms with E-state index in [1.54, 1.807) is 0 Å². The molecule has 0 fully saturated rings. The fourth-order valence-electron chi connectivity index (χ4n) is 0.290. The standard InChI is InChI=1S/C5H8NO3/c1-2-3(6)4(7)5(8)9/h3H,1-2,6H2,(H,8,9). The first-order valence-corrected chi connectivity index (χ1v) is 2.41. The van der Waals surface area contributed by atoms with Crippen molar-refractivity contribution in [2.45, 2.75) is 12.5 Å². The number of carboxylic acids is 1. The van der Waals surface area contributed by atoms with Crippen LogP contribution in [0.3, 0.4) is 0 Å². The Morgan fingerprint density at radius 1 is 1.67 bits per heavy atom. The van der Waals surface area contributed by atoms with Gasteiger partial charge in [0.15, 0.2) is 0 Å². The van der Waals surface area contributed by atoms with Crippen LogP contribution in [-0.4, -0.2) is 22.9 Å². The summed E-state index contributed by atoms with van der Waals surface area (Å²) in [6.07, 6.45) is 0.116. The Balaban J connectivity index is 3.88. The molecule has 1 atom stereocenters. The summed E-state index contributed by atoms with van der Waals surface area (Å²) in [5.41, 5.74) is 5.02. The lowest BCUT2D eigenvalue weighted by Crippen LogP contribution is -2.35. The molecule has 0 bridgehead atoms. The largest absolute Gasteiger partial charge is 0.475 e. The molecule has 0 amide bonds. The monoisotopic (exact) mass is 130 g/mol. The minimum atomic E-state index is -1.49. The number of hydrogen-bond donors (Lipinski definition) is 2. The maximum Gasteiger partial charge on any atom is 0.373 e. The SMILES string of the molecule is [CH2]CC(N)C(=O)C(=O)O. The van der Waals surface area contributed by atoms with E-state index in [9.17, 15) is 9.59 Å². The van der Waals surface area contributed by atoms with Gasteiger partial charge < -0.3 is 10.8 Å². The highest BCUT2D eigenvalue weighted by molar-refractivity contribution is 6.34. The van der Waals surface area contributed by atoms with Crippen LogP contribution in [0.5, 0.6) is 0 Å². The van der Waals surface area contributed by atoms with Crippen molar-refractivity contribution >= 4 is 11.8 Å². The van der Waals surface area contributed by atoms with Crippen LogP contribution in [0.15, 0.2) is 0 Å². The molecule has 3 N–H and O–H groups in total. The summed E-state index contributed by atoms with van der Waals surface area (Å²) in [4.78, 5) is 20.2. The number of carboxylic acid groups (broad SMARTS) is 1. The first-order chi connectivity index (χ1) is 4.09. The Labute approximate surface area is 52.7 Å². The minimum Gasteiger partial charge on any atom is -0.475 e. The minimum absolute atomic E-state index is 0.116. The van der Waals surface area contributed by atoms with Crippen LogP contribution in [0.25, 0.3) is 0 Å². The van der Waals surface area contributed by atoms with Crippen LogP contribution in [0.4, 0.5) is 0 Å². The molecule has 0 spiro atoms. The van der Waals surface area contributed by atoms with Crippen LogP contribution in [0.2, 0.25) is 0 Å². The fraction of sp³-hybridized carbons (Fsp3) is 0.400. The molecule has 51 valence electrons. The van der Waals surface area contributed by atoms with Gasteiger partial charge in [0.05, 0.1) is 6.04 Å². The molecule has 9 heavy (non-hydrogen) atoms. The normalized spacial score (nSPS) is 12.7. The zero-order valence-corrected chi connectivity index (χ0v) is 4.83. The molecule has 0 aliphatic heterocycles. The first-order valence-electron chi connectivity index (χ1n) is 2.41. The van der Waals surface area contributed by atoms with E-state index in [1.165, 1.54) is 0 Å². The van der Waals surface area contributed by atoms with Crippen LogP contribution in [-0.2, 0) is 9.59 Å². The third-order valence-corrected chi connectivity index (χ3v) is 0.859. The second-order valence-corrected chi connectivity index (χ2v) is 1.56. The number of rotatable bonds is 3. The van der Waals surface area contributed by atoms with Crippen LogP contribution in [0, 0.1) is 6.92 Å². The zero-order valence-electron chi connectivity index (χ0n) is 4.83. The van der Waals surface area contributed by atoms with Gasteiger partial charge in [-0.05, 0) is 6.42 Å². The van der Waals surface area contributed by atoms with Crippen LogP contribution >= 0.6 is 0 Å². The van der Waals surface area contributed by atoms with E-state index in [0.717, 1.165) is 0 Å². The third kappa shape index (κ3) is 2.23. The molecule has 0 aliphatic carbocycles. The summed E-state index contributed by atoms with van der Waals surface area (Å²) < 4.78 is 0. The Hall–Kier alpha value is -0.900. The van der Waals surface area contributed by atoms with E-state index < -0.39 is 17.8 Å². The lowest BCUT2D eigenvalue weighted by Gasteiger charge is -2.00. The summed E-state index contributed by atoms with van der Waals surface area (Å²) >= 11 is 0. The Morgan fingerprint density at radius 2 is 2.11 bits per heavy atom. The van der Waals surface area contributed by atoms with Gasteiger partial charge in [0, 0.05) is 0 Å². The van der Waals surface area contributed by atoms with E-state index in [4.69, 9.17) is 10.8 Å². The first kappa shape index (κ1) is 8.10. The number of Topliss-reactive ketones (excluding diaryl/α,β-unsaturated/α-hetero) is 1. The number of ketones is 1. The molecule has 0 heterocycles. The van der Waals surface area contributed by atoms with Crippen molar-refractivity contribution in [2.24, 2.45) is 5.73 Å². The number of nitrogens with two attached hydrogens (primary N) is 1. The molecule has 4 heteroatoms. The molecular formula is C5H8NO3. The topological polar surface area (TPSA) is 80.4 Å². The highest BCUT2D eigenvalue weighted by atomic mass is 16.4. The van der Waals surface area contributed by atoms with Crippen LogP contribution in [0.1, 0.15) is 6.42 Å². The highest BCUT2D eigenvalue weighted by Gasteiger charge is 2.18. The molecule has 4 nitrogen and oxygen atoms in total. The van der Waals surface area contributed by atoms with Gasteiger partial charge in [0.25, 0.3) is 5.78 Å². The molecule has 0 aromatic carbocycles. The van der Waals surface area contributed by atoms with Gasteiger partial charge in [-0.3, -0.25) is 4.79 Å². The van der Waals surface area contributed by atoms with Gasteiger partial charge >= 0.3 is 5.97 Å². The predicted molar refractivity (Wildman–Crippen MR) is 30.6 cm³/mol. The average Bonchev–Trinajstić information content (AvgIpc) is 1.84. The summed E-state index contributed by atoms with van der Waals surface area (Å²) in [5.74, 6) is -2.48. The van der Waals surface area contributed by atoms with Crippen molar-refractivity contribution in [2.75, 3.05) is 0 Å². The maximum absolute atomic E-state index is 10.3. The van der Waals surface area contributed by atoms with Crippen molar-refractivity contribution in [3.05, 3.63) is 6.92 Å². The summed E-state index contributed by atoms with van der Waals surface area (Å²) in [6, 6.07) is -0.956. The number of carbonyl (C=O) groups is 2. The van der Waals surface area contributed by atoms with E-state index in [2.05, 4.69) is 6.92 Å². The predicted octanol–water partition coefficient (Wildman–Crippen LogP) is -0.808. The molecule has 0 aromatic rings. The third-order valence-electron chi connectivity index (χ3n) is 0.859. The zero-order chi connectivity index (χ0) is 7.44. The van der Waals surface area contributed by atoms with Gasteiger partial charge in [-0.15, -0.1) is 0 Å². The molecule has 0 aliphatic rings. The van der Waals surface area contributed by atoms with E-state index >= 15 is 0 Å². The van der Waals surface area contributed by atoms with Gasteiger partial charge in [-0.25, -0.2) is 4.79 Å². The second kappa shape index (κ2) is 3.19. The van der Waals surface area contributed by atoms with Crippen molar-refractivity contribution < 1.29 is 14.7 Å². The van der Waals surface area contributed by atoms with Crippen molar-refractivity contribution in [1.29, 1.82) is 0 Å². The quantitative estimate of drug-likeness (QED) is 0.490. The van der Waals surface area contributed by atoms with Crippen LogP contribution < -0.4 is 5.73 Å². The van der Waals surface area contributed by atoms with Crippen molar-refractivity contribution in [3.63, 3.8) is 0 Å². The molecular weight excluding hydrogens is 122 g/mol. The lowest BCUT2D eigenvalue weighted by molar-refractivity contribution is -0.149. The Morgan fingerprint density at radius 3 is 2.22 bits per heavy atom. The average molecular weight is 130 g/mol. The van der Waals surface area contributed by atoms with E-state index in [1.807, 2.05) is 0 Å². The molecule has 0 saturated heterocycles. The second-order valence-electron chi connectivity index (χ2n) is 1.56. The lowest BCUT2D eigenvalue weighted by atomic mass is 10.1. The van der Waals surface area contributed by atoms with Crippen molar-refractivity contribution in [3.8, 4) is 0 Å². The maximum atomic E-state index is 10.3. The summed E-state index contributed by atoms with van der Waals surface area (Å²) in [6.45, 7) is 3.28. The highest BCUT2D eigenvalue weighted by Crippen LogP contribution is 1.86. The van der Waals surface area contributed by atoms with Crippen molar-refractivity contribution in [1.82, 2.24) is 0 Å². The van der Waals surface area contributed by atoms with Gasteiger partial charge in [0.1, 0.15) is 0 Å². The molecule has 0 rings (SSSR count). The number of carbonyl (C=O) groups excluding carboxylic acids is 1.